The van der Waals surface area contributed by atoms with E-state index in [1.165, 1.54) is 11.3 Å². The van der Waals surface area contributed by atoms with Gasteiger partial charge < -0.3 is 15.0 Å². The fourth-order valence-electron chi connectivity index (χ4n) is 2.70. The summed E-state index contributed by atoms with van der Waals surface area (Å²) in [5.74, 6) is 0.299. The number of carbonyl (C=O) groups is 1. The molecule has 128 valence electrons. The average molecular weight is 355 g/mol. The van der Waals surface area contributed by atoms with Gasteiger partial charge >= 0.3 is 0 Å². The van der Waals surface area contributed by atoms with Gasteiger partial charge in [-0.2, -0.15) is 0 Å². The van der Waals surface area contributed by atoms with E-state index in [0.29, 0.717) is 31.5 Å². The quantitative estimate of drug-likeness (QED) is 0.775. The van der Waals surface area contributed by atoms with Gasteiger partial charge in [0.2, 0.25) is 5.95 Å². The van der Waals surface area contributed by atoms with Gasteiger partial charge in [0.05, 0.1) is 28.6 Å². The number of pyridine rings is 1. The highest BCUT2D eigenvalue weighted by Crippen LogP contribution is 2.26. The van der Waals surface area contributed by atoms with Crippen molar-refractivity contribution in [2.75, 3.05) is 25.2 Å². The van der Waals surface area contributed by atoms with Crippen molar-refractivity contribution in [2.24, 2.45) is 0 Å². The molecule has 7 nitrogen and oxygen atoms in total. The van der Waals surface area contributed by atoms with E-state index in [0.717, 1.165) is 15.9 Å². The minimum atomic E-state index is -0.124. The maximum Gasteiger partial charge on any atom is 0.276 e. The molecule has 3 aromatic heterocycles. The van der Waals surface area contributed by atoms with Gasteiger partial charge in [-0.3, -0.25) is 9.78 Å². The Balaban J connectivity index is 1.67. The number of nitrogens with zero attached hydrogens (tertiary/aromatic N) is 4. The Labute approximate surface area is 148 Å². The molecule has 0 bridgehead atoms. The van der Waals surface area contributed by atoms with E-state index in [4.69, 9.17) is 4.74 Å². The first-order valence-electron chi connectivity index (χ1n) is 8.02. The number of rotatable bonds is 4. The van der Waals surface area contributed by atoms with Crippen LogP contribution in [0, 0.1) is 0 Å². The van der Waals surface area contributed by atoms with Gasteiger partial charge in [-0.25, -0.2) is 9.97 Å². The van der Waals surface area contributed by atoms with Crippen LogP contribution in [0.15, 0.2) is 35.8 Å². The standard InChI is InChI=1S/C17H17N5O2S/c1-11(12-4-2-3-6-18-12)19-17-20-13-5-9-25-15(13)14(21-17)16(23)22-7-8-24-10-22/h2-6,9,11H,7-8,10H2,1H3,(H,19,20,21). The third-order valence-electron chi connectivity index (χ3n) is 4.02. The Kier molecular flexibility index (Phi) is 4.29. The van der Waals surface area contributed by atoms with Gasteiger partial charge in [-0.05, 0) is 30.5 Å². The predicted octanol–water partition coefficient (Wildman–Crippen LogP) is 2.69. The summed E-state index contributed by atoms with van der Waals surface area (Å²) < 4.78 is 6.09. The van der Waals surface area contributed by atoms with E-state index in [1.54, 1.807) is 11.1 Å². The molecular weight excluding hydrogens is 338 g/mol. The maximum atomic E-state index is 12.8. The summed E-state index contributed by atoms with van der Waals surface area (Å²) in [5, 5.41) is 5.16. The molecule has 1 aliphatic heterocycles. The second-order valence-electron chi connectivity index (χ2n) is 5.76. The molecule has 0 aliphatic carbocycles. The van der Waals surface area contributed by atoms with Crippen molar-refractivity contribution in [3.8, 4) is 0 Å². The topological polar surface area (TPSA) is 80.2 Å². The van der Waals surface area contributed by atoms with Gasteiger partial charge in [-0.1, -0.05) is 6.07 Å². The van der Waals surface area contributed by atoms with Gasteiger partial charge in [0.1, 0.15) is 6.73 Å². The molecule has 1 unspecified atom stereocenters. The molecule has 4 rings (SSSR count). The Bertz CT molecular complexity index is 892. The van der Waals surface area contributed by atoms with Crippen LogP contribution in [0.2, 0.25) is 0 Å². The number of nitrogens with one attached hydrogen (secondary N) is 1. The minimum Gasteiger partial charge on any atom is -0.359 e. The number of thiophene rings is 1. The summed E-state index contributed by atoms with van der Waals surface area (Å²) in [5.41, 5.74) is 2.07. The molecular formula is C17H17N5O2S. The monoisotopic (exact) mass is 355 g/mol. The fraction of sp³-hybridized carbons (Fsp3) is 0.294. The SMILES string of the molecule is CC(Nc1nc(C(=O)N2CCOC2)c2sccc2n1)c1ccccn1. The summed E-state index contributed by atoms with van der Waals surface area (Å²) in [4.78, 5) is 27.8. The highest BCUT2D eigenvalue weighted by molar-refractivity contribution is 7.17. The second kappa shape index (κ2) is 6.73. The van der Waals surface area contributed by atoms with Crippen molar-refractivity contribution in [1.82, 2.24) is 19.9 Å². The molecule has 1 saturated heterocycles. The van der Waals surface area contributed by atoms with Crippen molar-refractivity contribution in [3.05, 3.63) is 47.2 Å². The molecule has 4 heterocycles. The van der Waals surface area contributed by atoms with Crippen molar-refractivity contribution >= 4 is 33.4 Å². The molecule has 1 N–H and O–H groups in total. The Morgan fingerprint density at radius 1 is 1.36 bits per heavy atom. The normalized spacial score (nSPS) is 15.5. The van der Waals surface area contributed by atoms with Crippen LogP contribution in [0.1, 0.15) is 29.1 Å². The number of amides is 1. The summed E-state index contributed by atoms with van der Waals surface area (Å²) in [6, 6.07) is 7.57. The number of carbonyl (C=O) groups excluding carboxylic acids is 1. The van der Waals surface area contributed by atoms with Gasteiger partial charge in [-0.15, -0.1) is 11.3 Å². The van der Waals surface area contributed by atoms with Crippen LogP contribution in [-0.2, 0) is 4.74 Å². The van der Waals surface area contributed by atoms with Crippen LogP contribution in [-0.4, -0.2) is 45.6 Å². The number of ether oxygens (including phenoxy) is 1. The molecule has 3 aromatic rings. The highest BCUT2D eigenvalue weighted by Gasteiger charge is 2.25. The molecule has 0 radical (unpaired) electrons. The zero-order chi connectivity index (χ0) is 17.2. The van der Waals surface area contributed by atoms with E-state index in [-0.39, 0.29) is 11.9 Å². The van der Waals surface area contributed by atoms with Crippen LogP contribution in [0.3, 0.4) is 0 Å². The van der Waals surface area contributed by atoms with Crippen LogP contribution in [0.5, 0.6) is 0 Å². The first-order chi connectivity index (χ1) is 12.2. The lowest BCUT2D eigenvalue weighted by molar-refractivity contribution is 0.0691. The smallest absolute Gasteiger partial charge is 0.276 e. The second-order valence-corrected chi connectivity index (χ2v) is 6.67. The molecule has 0 saturated carbocycles. The molecule has 1 fully saturated rings. The highest BCUT2D eigenvalue weighted by atomic mass is 32.1. The van der Waals surface area contributed by atoms with Crippen molar-refractivity contribution in [3.63, 3.8) is 0 Å². The predicted molar refractivity (Wildman–Crippen MR) is 95.5 cm³/mol. The zero-order valence-electron chi connectivity index (χ0n) is 13.7. The summed E-state index contributed by atoms with van der Waals surface area (Å²) in [7, 11) is 0. The number of hydrogen-bond acceptors (Lipinski definition) is 7. The Morgan fingerprint density at radius 2 is 2.28 bits per heavy atom. The maximum absolute atomic E-state index is 12.8. The molecule has 0 aromatic carbocycles. The molecule has 25 heavy (non-hydrogen) atoms. The number of anilines is 1. The van der Waals surface area contributed by atoms with Crippen LogP contribution < -0.4 is 5.32 Å². The van der Waals surface area contributed by atoms with Crippen LogP contribution in [0.4, 0.5) is 5.95 Å². The molecule has 8 heteroatoms. The third kappa shape index (κ3) is 3.18. The van der Waals surface area contributed by atoms with E-state index >= 15 is 0 Å². The number of fused-ring (bicyclic) bond motifs is 1. The van der Waals surface area contributed by atoms with Gasteiger partial charge in [0, 0.05) is 12.7 Å². The average Bonchev–Trinajstić information content (AvgIpc) is 3.33. The molecule has 0 spiro atoms. The summed E-state index contributed by atoms with van der Waals surface area (Å²) in [6.07, 6.45) is 1.75. The third-order valence-corrected chi connectivity index (χ3v) is 4.93. The molecule has 1 amide bonds. The minimum absolute atomic E-state index is 0.0737. The van der Waals surface area contributed by atoms with Crippen molar-refractivity contribution < 1.29 is 9.53 Å². The van der Waals surface area contributed by atoms with Gasteiger partial charge in [0.15, 0.2) is 5.69 Å². The zero-order valence-corrected chi connectivity index (χ0v) is 14.5. The van der Waals surface area contributed by atoms with E-state index in [9.17, 15) is 4.79 Å². The Hall–Kier alpha value is -2.58. The van der Waals surface area contributed by atoms with Crippen molar-refractivity contribution in [2.45, 2.75) is 13.0 Å². The number of hydrogen-bond donors (Lipinski definition) is 1. The number of aromatic nitrogens is 3. The van der Waals surface area contributed by atoms with E-state index < -0.39 is 0 Å². The molecule has 1 aliphatic rings. The first kappa shape index (κ1) is 15.9. The van der Waals surface area contributed by atoms with E-state index in [1.807, 2.05) is 36.6 Å². The van der Waals surface area contributed by atoms with Crippen LogP contribution >= 0.6 is 11.3 Å². The lowest BCUT2D eigenvalue weighted by Crippen LogP contribution is -2.29. The van der Waals surface area contributed by atoms with Crippen LogP contribution in [0.25, 0.3) is 10.2 Å². The fourth-order valence-corrected chi connectivity index (χ4v) is 3.51. The Morgan fingerprint density at radius 3 is 3.04 bits per heavy atom. The first-order valence-corrected chi connectivity index (χ1v) is 8.90. The summed E-state index contributed by atoms with van der Waals surface area (Å²) in [6.45, 7) is 3.44. The van der Waals surface area contributed by atoms with Crippen molar-refractivity contribution in [1.29, 1.82) is 0 Å². The van der Waals surface area contributed by atoms with Gasteiger partial charge in [0.25, 0.3) is 5.91 Å². The molecule has 1 atom stereocenters. The van der Waals surface area contributed by atoms with E-state index in [2.05, 4.69) is 20.3 Å². The largest absolute Gasteiger partial charge is 0.359 e. The summed E-state index contributed by atoms with van der Waals surface area (Å²) >= 11 is 1.47. The lowest BCUT2D eigenvalue weighted by atomic mass is 10.2. The lowest BCUT2D eigenvalue weighted by Gasteiger charge is -2.16.